The molecule has 0 atom stereocenters. The SMILES string of the molecule is CCCCCOC(=O)n1nc(/C=C/c2ccccn2)c2ccc(Sc3ccccc3C(=O)NC)cc21. The summed E-state index contributed by atoms with van der Waals surface area (Å²) in [7, 11) is 1.61. The van der Waals surface area contributed by atoms with Gasteiger partial charge in [0.05, 0.1) is 29.1 Å². The quantitative estimate of drug-likeness (QED) is 0.272. The van der Waals surface area contributed by atoms with E-state index in [1.165, 1.54) is 16.4 Å². The van der Waals surface area contributed by atoms with Crippen LogP contribution in [0.3, 0.4) is 0 Å². The molecule has 2 heterocycles. The van der Waals surface area contributed by atoms with E-state index in [-0.39, 0.29) is 5.91 Å². The van der Waals surface area contributed by atoms with Crippen LogP contribution in [0.15, 0.2) is 76.7 Å². The van der Waals surface area contributed by atoms with Crippen LogP contribution in [-0.2, 0) is 4.74 Å². The van der Waals surface area contributed by atoms with E-state index >= 15 is 0 Å². The smallest absolute Gasteiger partial charge is 0.435 e. The summed E-state index contributed by atoms with van der Waals surface area (Å²) < 4.78 is 6.82. The second kappa shape index (κ2) is 12.2. The highest BCUT2D eigenvalue weighted by atomic mass is 32.2. The van der Waals surface area contributed by atoms with Crippen LogP contribution in [0, 0.1) is 0 Å². The van der Waals surface area contributed by atoms with Crippen molar-refractivity contribution in [3.8, 4) is 0 Å². The first-order valence-electron chi connectivity index (χ1n) is 11.9. The summed E-state index contributed by atoms with van der Waals surface area (Å²) in [6, 6.07) is 18.9. The second-order valence-electron chi connectivity index (χ2n) is 8.06. The van der Waals surface area contributed by atoms with Crippen molar-refractivity contribution < 1.29 is 14.3 Å². The highest BCUT2D eigenvalue weighted by Gasteiger charge is 2.17. The molecule has 2 aromatic carbocycles. The average Bonchev–Trinajstić information content (AvgIpc) is 3.28. The lowest BCUT2D eigenvalue weighted by Gasteiger charge is -2.09. The lowest BCUT2D eigenvalue weighted by molar-refractivity contribution is 0.0960. The predicted molar refractivity (Wildman–Crippen MR) is 143 cm³/mol. The van der Waals surface area contributed by atoms with Gasteiger partial charge in [-0.3, -0.25) is 9.78 Å². The first kappa shape index (κ1) is 25.2. The molecule has 0 aliphatic carbocycles. The molecule has 0 fully saturated rings. The Hall–Kier alpha value is -3.91. The molecule has 0 unspecified atom stereocenters. The highest BCUT2D eigenvalue weighted by Crippen LogP contribution is 2.33. The highest BCUT2D eigenvalue weighted by molar-refractivity contribution is 7.99. The number of nitrogens with zero attached hydrogens (tertiary/aromatic N) is 3. The monoisotopic (exact) mass is 500 g/mol. The Morgan fingerprint density at radius 2 is 1.89 bits per heavy atom. The van der Waals surface area contributed by atoms with E-state index < -0.39 is 6.09 Å². The van der Waals surface area contributed by atoms with Gasteiger partial charge in [-0.1, -0.05) is 49.7 Å². The van der Waals surface area contributed by atoms with Crippen LogP contribution in [-0.4, -0.2) is 40.4 Å². The first-order chi connectivity index (χ1) is 17.6. The standard InChI is InChI=1S/C28H28N4O3S/c1-3-4-9-18-35-28(34)32-25-19-21(36-26-12-6-5-11-23(26)27(33)29-2)14-15-22(25)24(31-32)16-13-20-10-7-8-17-30-20/h5-8,10-17,19H,3-4,9,18H2,1-2H3,(H,29,33)/b16-13+. The topological polar surface area (TPSA) is 86.1 Å². The molecule has 1 amide bonds. The summed E-state index contributed by atoms with van der Waals surface area (Å²) in [6.45, 7) is 2.45. The number of nitrogens with one attached hydrogen (secondary N) is 1. The Labute approximate surface area is 214 Å². The van der Waals surface area contributed by atoms with Crippen LogP contribution in [0.25, 0.3) is 23.1 Å². The largest absolute Gasteiger partial charge is 0.448 e. The van der Waals surface area contributed by atoms with Crippen LogP contribution >= 0.6 is 11.8 Å². The molecule has 184 valence electrons. The Morgan fingerprint density at radius 1 is 1.06 bits per heavy atom. The predicted octanol–water partition coefficient (Wildman–Crippen LogP) is 6.29. The van der Waals surface area contributed by atoms with Crippen LogP contribution in [0.5, 0.6) is 0 Å². The average molecular weight is 501 g/mol. The van der Waals surface area contributed by atoms with Crippen LogP contribution in [0.4, 0.5) is 4.79 Å². The summed E-state index contributed by atoms with van der Waals surface area (Å²) in [5.41, 5.74) is 2.66. The Morgan fingerprint density at radius 3 is 2.67 bits per heavy atom. The molecule has 0 radical (unpaired) electrons. The molecule has 8 heteroatoms. The zero-order chi connectivity index (χ0) is 25.3. The first-order valence-corrected chi connectivity index (χ1v) is 12.7. The number of carbonyl (C=O) groups excluding carboxylic acids is 2. The third-order valence-electron chi connectivity index (χ3n) is 5.51. The molecule has 36 heavy (non-hydrogen) atoms. The molecule has 0 saturated carbocycles. The third-order valence-corrected chi connectivity index (χ3v) is 6.58. The number of rotatable bonds is 9. The summed E-state index contributed by atoms with van der Waals surface area (Å²) in [4.78, 5) is 31.3. The van der Waals surface area contributed by atoms with Crippen LogP contribution < -0.4 is 5.32 Å². The minimum Gasteiger partial charge on any atom is -0.448 e. The molecule has 0 aliphatic heterocycles. The number of pyridine rings is 1. The Kier molecular flexibility index (Phi) is 8.52. The van der Waals surface area contributed by atoms with Gasteiger partial charge < -0.3 is 10.1 Å². The minimum atomic E-state index is -0.512. The number of unbranched alkanes of at least 4 members (excludes halogenated alkanes) is 2. The van der Waals surface area contributed by atoms with Crippen molar-refractivity contribution in [2.24, 2.45) is 0 Å². The number of benzene rings is 2. The van der Waals surface area contributed by atoms with Gasteiger partial charge in [0.2, 0.25) is 0 Å². The molecule has 4 aromatic rings. The zero-order valence-corrected chi connectivity index (χ0v) is 21.1. The van der Waals surface area contributed by atoms with E-state index in [1.54, 1.807) is 19.3 Å². The lowest BCUT2D eigenvalue weighted by Crippen LogP contribution is -2.18. The maximum absolute atomic E-state index is 12.9. The van der Waals surface area contributed by atoms with E-state index in [2.05, 4.69) is 22.3 Å². The normalized spacial score (nSPS) is 11.2. The van der Waals surface area contributed by atoms with Crippen molar-refractivity contribution >= 4 is 46.8 Å². The van der Waals surface area contributed by atoms with Gasteiger partial charge in [0.1, 0.15) is 0 Å². The fourth-order valence-corrected chi connectivity index (χ4v) is 4.64. The molecular formula is C28H28N4O3S. The van der Waals surface area contributed by atoms with Crippen molar-refractivity contribution in [1.82, 2.24) is 20.1 Å². The molecular weight excluding hydrogens is 472 g/mol. The molecule has 0 bridgehead atoms. The van der Waals surface area contributed by atoms with E-state index in [0.29, 0.717) is 23.4 Å². The molecule has 0 aliphatic rings. The van der Waals surface area contributed by atoms with Gasteiger partial charge in [0, 0.05) is 28.4 Å². The minimum absolute atomic E-state index is 0.151. The zero-order valence-electron chi connectivity index (χ0n) is 20.3. The van der Waals surface area contributed by atoms with Crippen molar-refractivity contribution in [1.29, 1.82) is 0 Å². The van der Waals surface area contributed by atoms with Gasteiger partial charge in [-0.25, -0.2) is 4.79 Å². The van der Waals surface area contributed by atoms with Gasteiger partial charge in [-0.05, 0) is 61.0 Å². The number of hydrogen-bond acceptors (Lipinski definition) is 6. The number of amides is 1. The maximum Gasteiger partial charge on any atom is 0.435 e. The van der Waals surface area contributed by atoms with Gasteiger partial charge in [0.15, 0.2) is 0 Å². The van der Waals surface area contributed by atoms with E-state index in [1.807, 2.05) is 66.7 Å². The fraction of sp³-hybridized carbons (Fsp3) is 0.214. The molecule has 2 aromatic heterocycles. The van der Waals surface area contributed by atoms with Crippen molar-refractivity contribution in [2.45, 2.75) is 36.0 Å². The molecule has 0 spiro atoms. The maximum atomic E-state index is 12.9. The second-order valence-corrected chi connectivity index (χ2v) is 9.18. The van der Waals surface area contributed by atoms with Gasteiger partial charge in [-0.15, -0.1) is 0 Å². The van der Waals surface area contributed by atoms with Crippen molar-refractivity contribution in [2.75, 3.05) is 13.7 Å². The Bertz CT molecular complexity index is 1380. The van der Waals surface area contributed by atoms with Gasteiger partial charge in [0.25, 0.3) is 5.91 Å². The summed E-state index contributed by atoms with van der Waals surface area (Å²) in [5, 5.41) is 8.06. The molecule has 0 saturated heterocycles. The summed E-state index contributed by atoms with van der Waals surface area (Å²) in [6.07, 6.45) is 7.77. The fourth-order valence-electron chi connectivity index (χ4n) is 3.66. The van der Waals surface area contributed by atoms with Crippen molar-refractivity contribution in [3.63, 3.8) is 0 Å². The third kappa shape index (κ3) is 6.01. The lowest BCUT2D eigenvalue weighted by atomic mass is 10.2. The van der Waals surface area contributed by atoms with E-state index in [4.69, 9.17) is 4.74 Å². The van der Waals surface area contributed by atoms with Crippen LogP contribution in [0.2, 0.25) is 0 Å². The van der Waals surface area contributed by atoms with Crippen molar-refractivity contribution in [3.05, 3.63) is 83.8 Å². The molecule has 4 rings (SSSR count). The van der Waals surface area contributed by atoms with Gasteiger partial charge >= 0.3 is 6.09 Å². The van der Waals surface area contributed by atoms with Crippen LogP contribution in [0.1, 0.15) is 47.9 Å². The molecule has 7 nitrogen and oxygen atoms in total. The summed E-state index contributed by atoms with van der Waals surface area (Å²) >= 11 is 1.46. The number of aromatic nitrogens is 3. The van der Waals surface area contributed by atoms with E-state index in [0.717, 1.165) is 40.1 Å². The number of ether oxygens (including phenoxy) is 1. The molecule has 1 N–H and O–H groups in total. The number of hydrogen-bond donors (Lipinski definition) is 1. The summed E-state index contributed by atoms with van der Waals surface area (Å²) in [5.74, 6) is -0.151. The van der Waals surface area contributed by atoms with Gasteiger partial charge in [-0.2, -0.15) is 9.78 Å². The van der Waals surface area contributed by atoms with E-state index in [9.17, 15) is 9.59 Å². The number of fused-ring (bicyclic) bond motifs is 1. The number of carbonyl (C=O) groups is 2. The Balaban J connectivity index is 1.70.